The van der Waals surface area contributed by atoms with Gasteiger partial charge in [0.25, 0.3) is 0 Å². The number of aliphatic hydroxyl groups is 2. The van der Waals surface area contributed by atoms with Gasteiger partial charge in [0.15, 0.2) is 18.4 Å². The third-order valence-electron chi connectivity index (χ3n) is 2.92. The second-order valence-electron chi connectivity index (χ2n) is 4.09. The summed E-state index contributed by atoms with van der Waals surface area (Å²) in [6, 6.07) is 7.25. The van der Waals surface area contributed by atoms with E-state index < -0.39 is 12.2 Å². The van der Waals surface area contributed by atoms with Crippen LogP contribution in [0.4, 0.5) is 0 Å². The van der Waals surface area contributed by atoms with Crippen molar-refractivity contribution in [3.63, 3.8) is 0 Å². The van der Waals surface area contributed by atoms with Crippen molar-refractivity contribution >= 4 is 5.71 Å². The lowest BCUT2D eigenvalue weighted by molar-refractivity contribution is -0.457. The largest absolute Gasteiger partial charge is 0.624 e. The van der Waals surface area contributed by atoms with Crippen molar-refractivity contribution in [1.82, 2.24) is 0 Å². The van der Waals surface area contributed by atoms with Gasteiger partial charge in [-0.25, -0.2) is 4.74 Å². The van der Waals surface area contributed by atoms with Gasteiger partial charge >= 0.3 is 0 Å². The summed E-state index contributed by atoms with van der Waals surface area (Å²) in [6.45, 7) is -0.0628. The van der Waals surface area contributed by atoms with Crippen LogP contribution in [-0.4, -0.2) is 46.5 Å². The molecule has 0 spiro atoms. The maximum absolute atomic E-state index is 11.5. The second-order valence-corrected chi connectivity index (χ2v) is 4.09. The van der Waals surface area contributed by atoms with Gasteiger partial charge < -0.3 is 20.2 Å². The Morgan fingerprint density at radius 1 is 1.35 bits per heavy atom. The number of methoxy groups -OCH3 is 1. The van der Waals surface area contributed by atoms with Gasteiger partial charge in [-0.05, 0) is 17.7 Å². The van der Waals surface area contributed by atoms with Gasteiger partial charge in [-0.2, -0.15) is 0 Å². The third-order valence-corrected chi connectivity index (χ3v) is 2.92. The Bertz CT molecular complexity index is 427. The topological polar surface area (TPSA) is 75.8 Å². The summed E-state index contributed by atoms with van der Waals surface area (Å²) in [5.41, 5.74) is 1.21. The highest BCUT2D eigenvalue weighted by atomic mass is 16.5. The van der Waals surface area contributed by atoms with Crippen molar-refractivity contribution in [3.05, 3.63) is 35.0 Å². The number of hydrogen-bond donors (Lipinski definition) is 2. The summed E-state index contributed by atoms with van der Waals surface area (Å²) in [5.74, 6) is 0.740. The lowest BCUT2D eigenvalue weighted by Gasteiger charge is -2.07. The Kier molecular flexibility index (Phi) is 3.31. The zero-order valence-corrected chi connectivity index (χ0v) is 9.54. The average molecular weight is 237 g/mol. The minimum absolute atomic E-state index is 0.0628. The van der Waals surface area contributed by atoms with E-state index in [0.717, 1.165) is 11.3 Å². The molecule has 2 atom stereocenters. The maximum atomic E-state index is 11.5. The van der Waals surface area contributed by atoms with E-state index in [-0.39, 0.29) is 6.54 Å². The normalized spacial score (nSPS) is 24.2. The molecule has 1 aliphatic heterocycles. The van der Waals surface area contributed by atoms with Crippen LogP contribution >= 0.6 is 0 Å². The van der Waals surface area contributed by atoms with Crippen LogP contribution in [0, 0.1) is 5.21 Å². The van der Waals surface area contributed by atoms with E-state index in [1.807, 2.05) is 12.1 Å². The number of benzene rings is 1. The molecule has 2 N–H and O–H groups in total. The summed E-state index contributed by atoms with van der Waals surface area (Å²) in [5, 5.41) is 30.5. The molecule has 0 unspecified atom stereocenters. The summed E-state index contributed by atoms with van der Waals surface area (Å²) in [4.78, 5) is 0. The Morgan fingerprint density at radius 2 is 2.00 bits per heavy atom. The fraction of sp³-hybridized carbons (Fsp3) is 0.417. The molecule has 1 heterocycles. The maximum Gasteiger partial charge on any atom is 0.199 e. The number of hydroxylamine groups is 1. The Labute approximate surface area is 99.2 Å². The first-order valence-electron chi connectivity index (χ1n) is 5.41. The Hall–Kier alpha value is -1.59. The van der Waals surface area contributed by atoms with Crippen LogP contribution in [0.3, 0.4) is 0 Å². The Morgan fingerprint density at radius 3 is 2.47 bits per heavy atom. The first kappa shape index (κ1) is 11.9. The number of hydrogen-bond acceptors (Lipinski definition) is 4. The van der Waals surface area contributed by atoms with E-state index in [4.69, 9.17) is 4.74 Å². The van der Waals surface area contributed by atoms with Crippen LogP contribution in [0.1, 0.15) is 5.56 Å². The second kappa shape index (κ2) is 4.73. The predicted octanol–water partition coefficient (Wildman–Crippen LogP) is -0.0756. The molecule has 1 aliphatic rings. The number of ether oxygens (including phenoxy) is 1. The molecule has 0 amide bonds. The lowest BCUT2D eigenvalue weighted by atomic mass is 10.0. The highest BCUT2D eigenvalue weighted by Gasteiger charge is 2.36. The fourth-order valence-corrected chi connectivity index (χ4v) is 1.90. The molecule has 1 aromatic carbocycles. The van der Waals surface area contributed by atoms with Gasteiger partial charge in [-0.3, -0.25) is 0 Å². The molecule has 2 rings (SSSR count). The van der Waals surface area contributed by atoms with E-state index in [0.29, 0.717) is 16.9 Å². The standard InChI is InChI=1S/C12H15NO4/c1-17-9-4-2-8(3-5-9)6-10-12(15)11(14)7-13(10)16/h2-5,11-12,14-15H,6-7H2,1H3/t11-,12-/m0/s1. The van der Waals surface area contributed by atoms with Crippen LogP contribution in [-0.2, 0) is 6.42 Å². The molecule has 0 saturated carbocycles. The third kappa shape index (κ3) is 2.40. The molecule has 5 nitrogen and oxygen atoms in total. The molecule has 92 valence electrons. The SMILES string of the molecule is COc1ccc(CC2=[N+]([O-])C[C@H](O)[C@H]2O)cc1. The quantitative estimate of drug-likeness (QED) is 0.569. The fourth-order valence-electron chi connectivity index (χ4n) is 1.90. The van der Waals surface area contributed by atoms with E-state index in [9.17, 15) is 15.4 Å². The van der Waals surface area contributed by atoms with Crippen molar-refractivity contribution in [2.75, 3.05) is 13.7 Å². The molecule has 0 aromatic heterocycles. The van der Waals surface area contributed by atoms with Gasteiger partial charge in [-0.15, -0.1) is 0 Å². The summed E-state index contributed by atoms with van der Waals surface area (Å²) < 4.78 is 5.70. The lowest BCUT2D eigenvalue weighted by Crippen LogP contribution is -2.30. The molecular weight excluding hydrogens is 222 g/mol. The van der Waals surface area contributed by atoms with E-state index in [1.54, 1.807) is 19.2 Å². The number of β-amino-alcohol motifs (C(OH)–C–C–N with tert-alkyl or cyclic N) is 1. The van der Waals surface area contributed by atoms with Crippen molar-refractivity contribution in [2.24, 2.45) is 0 Å². The van der Waals surface area contributed by atoms with Crippen molar-refractivity contribution < 1.29 is 19.7 Å². The highest BCUT2D eigenvalue weighted by molar-refractivity contribution is 5.87. The molecule has 5 heteroatoms. The van der Waals surface area contributed by atoms with Crippen LogP contribution in [0.25, 0.3) is 0 Å². The van der Waals surface area contributed by atoms with Gasteiger partial charge in [0.1, 0.15) is 11.9 Å². The number of nitrogens with zero attached hydrogens (tertiary/aromatic N) is 1. The van der Waals surface area contributed by atoms with Gasteiger partial charge in [-0.1, -0.05) is 12.1 Å². The number of rotatable bonds is 3. The van der Waals surface area contributed by atoms with Crippen LogP contribution in [0.5, 0.6) is 5.75 Å². The minimum atomic E-state index is -1.06. The van der Waals surface area contributed by atoms with Gasteiger partial charge in [0.2, 0.25) is 0 Å². The predicted molar refractivity (Wildman–Crippen MR) is 62.2 cm³/mol. The smallest absolute Gasteiger partial charge is 0.199 e. The number of aliphatic hydroxyl groups excluding tert-OH is 2. The highest BCUT2D eigenvalue weighted by Crippen LogP contribution is 2.15. The average Bonchev–Trinajstić information content (AvgIpc) is 2.57. The van der Waals surface area contributed by atoms with Crippen LogP contribution in [0.2, 0.25) is 0 Å². The van der Waals surface area contributed by atoms with Crippen molar-refractivity contribution in [1.29, 1.82) is 0 Å². The zero-order valence-electron chi connectivity index (χ0n) is 9.54. The van der Waals surface area contributed by atoms with Crippen LogP contribution < -0.4 is 4.74 Å². The summed E-state index contributed by atoms with van der Waals surface area (Å²) in [7, 11) is 1.58. The van der Waals surface area contributed by atoms with E-state index in [2.05, 4.69) is 0 Å². The summed E-state index contributed by atoms with van der Waals surface area (Å²) >= 11 is 0. The van der Waals surface area contributed by atoms with Gasteiger partial charge in [0.05, 0.1) is 13.5 Å². The van der Waals surface area contributed by atoms with E-state index >= 15 is 0 Å². The minimum Gasteiger partial charge on any atom is -0.624 e. The molecular formula is C12H15NO4. The van der Waals surface area contributed by atoms with Crippen LogP contribution in [0.15, 0.2) is 24.3 Å². The first-order valence-corrected chi connectivity index (χ1v) is 5.41. The van der Waals surface area contributed by atoms with Gasteiger partial charge in [0, 0.05) is 0 Å². The summed E-state index contributed by atoms with van der Waals surface area (Å²) in [6.07, 6.45) is -1.71. The molecule has 0 radical (unpaired) electrons. The molecule has 0 saturated heterocycles. The molecule has 17 heavy (non-hydrogen) atoms. The Balaban J connectivity index is 2.13. The zero-order chi connectivity index (χ0) is 12.4. The molecule has 1 aromatic rings. The van der Waals surface area contributed by atoms with Crippen molar-refractivity contribution in [2.45, 2.75) is 18.6 Å². The van der Waals surface area contributed by atoms with E-state index in [1.165, 1.54) is 0 Å². The van der Waals surface area contributed by atoms with Crippen molar-refractivity contribution in [3.8, 4) is 5.75 Å². The molecule has 0 bridgehead atoms. The molecule has 0 aliphatic carbocycles. The molecule has 0 fully saturated rings. The monoisotopic (exact) mass is 237 g/mol. The first-order chi connectivity index (χ1) is 8.11.